The van der Waals surface area contributed by atoms with Gasteiger partial charge >= 0.3 is 0 Å². The first-order chi connectivity index (χ1) is 12.5. The first-order valence-electron chi connectivity index (χ1n) is 8.35. The second-order valence-electron chi connectivity index (χ2n) is 6.35. The molecule has 0 saturated carbocycles. The molecule has 1 atom stereocenters. The van der Waals surface area contributed by atoms with Crippen molar-refractivity contribution in [3.63, 3.8) is 0 Å². The van der Waals surface area contributed by atoms with Gasteiger partial charge in [-0.3, -0.25) is 14.9 Å². The Morgan fingerprint density at radius 1 is 1.19 bits per heavy atom. The summed E-state index contributed by atoms with van der Waals surface area (Å²) in [4.78, 5) is 29.6. The first-order valence-corrected chi connectivity index (χ1v) is 9.16. The number of nitrogens with one attached hydrogen (secondary N) is 1. The molecule has 1 aliphatic rings. The number of ether oxygens (including phenoxy) is 1. The van der Waals surface area contributed by atoms with Crippen LogP contribution in [0.3, 0.4) is 0 Å². The minimum atomic E-state index is -0.745. The average Bonchev–Trinajstić information content (AvgIpc) is 2.88. The number of rotatable bonds is 7. The van der Waals surface area contributed by atoms with Crippen LogP contribution in [0.1, 0.15) is 12.5 Å². The van der Waals surface area contributed by atoms with Crippen molar-refractivity contribution in [3.05, 3.63) is 54.2 Å². The van der Waals surface area contributed by atoms with Crippen molar-refractivity contribution in [3.8, 4) is 5.75 Å². The van der Waals surface area contributed by atoms with Gasteiger partial charge in [0.05, 0.1) is 6.54 Å². The molecule has 1 saturated heterocycles. The third-order valence-corrected chi connectivity index (χ3v) is 5.28. The molecule has 1 fully saturated rings. The van der Waals surface area contributed by atoms with Crippen LogP contribution in [0.15, 0.2) is 48.7 Å². The second-order valence-corrected chi connectivity index (χ2v) is 7.83. The molecule has 3 rings (SSSR count). The topological polar surface area (TPSA) is 71.5 Å². The zero-order chi connectivity index (χ0) is 18.6. The molecule has 2 heterocycles. The third kappa shape index (κ3) is 4.35. The molecular formula is C19H21N3O3S. The van der Waals surface area contributed by atoms with E-state index in [0.29, 0.717) is 13.0 Å². The van der Waals surface area contributed by atoms with Gasteiger partial charge < -0.3 is 9.64 Å². The Bertz CT molecular complexity index is 782. The number of thioether (sulfide) groups is 1. The maximum atomic E-state index is 11.9. The lowest BCUT2D eigenvalue weighted by atomic mass is 9.99. The summed E-state index contributed by atoms with van der Waals surface area (Å²) in [6.07, 6.45) is 2.26. The summed E-state index contributed by atoms with van der Waals surface area (Å²) in [7, 11) is 1.97. The Hall–Kier alpha value is -2.54. The van der Waals surface area contributed by atoms with Crippen LogP contribution in [-0.4, -0.2) is 41.1 Å². The van der Waals surface area contributed by atoms with Crippen LogP contribution in [0, 0.1) is 0 Å². The fraction of sp³-hybridized carbons (Fsp3) is 0.316. The lowest BCUT2D eigenvalue weighted by Crippen LogP contribution is -2.35. The van der Waals surface area contributed by atoms with Gasteiger partial charge in [-0.2, -0.15) is 0 Å². The van der Waals surface area contributed by atoms with Gasteiger partial charge in [0.25, 0.3) is 5.24 Å². The highest BCUT2D eigenvalue weighted by Gasteiger charge is 2.43. The second kappa shape index (κ2) is 7.78. The molecule has 0 bridgehead atoms. The van der Waals surface area contributed by atoms with E-state index >= 15 is 0 Å². The standard InChI is InChI=1S/C19H21N3O3S/c1-19(17(23)21-18(24)26-19)13-14-6-8-15(9-7-14)25-12-11-22(2)16-5-3-4-10-20-16/h3-10H,11-13H2,1-2H3,(H,21,23,24)/t19-/m0/s1. The van der Waals surface area contributed by atoms with Crippen molar-refractivity contribution in [1.82, 2.24) is 10.3 Å². The largest absolute Gasteiger partial charge is 0.492 e. The van der Waals surface area contributed by atoms with E-state index in [-0.39, 0.29) is 11.1 Å². The molecule has 0 aliphatic carbocycles. The number of aromatic nitrogens is 1. The number of hydrogen-bond donors (Lipinski definition) is 1. The molecular weight excluding hydrogens is 350 g/mol. The zero-order valence-electron chi connectivity index (χ0n) is 14.8. The minimum Gasteiger partial charge on any atom is -0.492 e. The van der Waals surface area contributed by atoms with E-state index in [1.165, 1.54) is 0 Å². The average molecular weight is 371 g/mol. The van der Waals surface area contributed by atoms with E-state index < -0.39 is 4.75 Å². The molecule has 26 heavy (non-hydrogen) atoms. The van der Waals surface area contributed by atoms with Crippen molar-refractivity contribution >= 4 is 28.7 Å². The highest BCUT2D eigenvalue weighted by Crippen LogP contribution is 2.34. The van der Waals surface area contributed by atoms with Crippen LogP contribution in [0.5, 0.6) is 5.75 Å². The lowest BCUT2D eigenvalue weighted by molar-refractivity contribution is -0.121. The number of benzene rings is 1. The number of hydrogen-bond acceptors (Lipinski definition) is 6. The molecule has 1 aromatic carbocycles. The van der Waals surface area contributed by atoms with Crippen LogP contribution in [0.4, 0.5) is 10.6 Å². The van der Waals surface area contributed by atoms with E-state index in [9.17, 15) is 9.59 Å². The lowest BCUT2D eigenvalue weighted by Gasteiger charge is -2.19. The summed E-state index contributed by atoms with van der Waals surface area (Å²) in [6, 6.07) is 13.4. The van der Waals surface area contributed by atoms with Gasteiger partial charge in [-0.1, -0.05) is 18.2 Å². The normalized spacial score (nSPS) is 19.3. The van der Waals surface area contributed by atoms with E-state index in [4.69, 9.17) is 4.74 Å². The first kappa shape index (κ1) is 18.3. The molecule has 0 unspecified atom stereocenters. The molecule has 0 spiro atoms. The summed E-state index contributed by atoms with van der Waals surface area (Å²) >= 11 is 1.05. The molecule has 6 nitrogen and oxygen atoms in total. The zero-order valence-corrected chi connectivity index (χ0v) is 15.6. The van der Waals surface area contributed by atoms with Gasteiger partial charge in [0.15, 0.2) is 0 Å². The highest BCUT2D eigenvalue weighted by molar-refractivity contribution is 8.16. The summed E-state index contributed by atoms with van der Waals surface area (Å²) < 4.78 is 5.03. The number of likely N-dealkylation sites (N-methyl/N-ethyl adjacent to an activating group) is 1. The van der Waals surface area contributed by atoms with Crippen LogP contribution >= 0.6 is 11.8 Å². The van der Waals surface area contributed by atoms with Gasteiger partial charge in [-0.05, 0) is 54.9 Å². The Balaban J connectivity index is 1.50. The summed E-state index contributed by atoms with van der Waals surface area (Å²) in [5.41, 5.74) is 0.989. The molecule has 1 aromatic heterocycles. The van der Waals surface area contributed by atoms with Gasteiger partial charge in [0.1, 0.15) is 22.9 Å². The molecule has 2 amide bonds. The van der Waals surface area contributed by atoms with Crippen molar-refractivity contribution in [1.29, 1.82) is 0 Å². The number of anilines is 1. The molecule has 7 heteroatoms. The Morgan fingerprint density at radius 3 is 2.58 bits per heavy atom. The number of amides is 2. The van der Waals surface area contributed by atoms with Crippen molar-refractivity contribution in [2.24, 2.45) is 0 Å². The van der Waals surface area contributed by atoms with E-state index in [1.807, 2.05) is 54.4 Å². The highest BCUT2D eigenvalue weighted by atomic mass is 32.2. The number of carbonyl (C=O) groups excluding carboxylic acids is 2. The molecule has 2 aromatic rings. The third-order valence-electron chi connectivity index (χ3n) is 4.21. The SMILES string of the molecule is CN(CCOc1ccc(C[C@]2(C)SC(=O)NC2=O)cc1)c1ccccn1. The minimum absolute atomic E-state index is 0.231. The van der Waals surface area contributed by atoms with Gasteiger partial charge in [0, 0.05) is 13.2 Å². The van der Waals surface area contributed by atoms with Crippen LogP contribution in [0.25, 0.3) is 0 Å². The monoisotopic (exact) mass is 371 g/mol. The van der Waals surface area contributed by atoms with E-state index in [1.54, 1.807) is 13.1 Å². The number of nitrogens with zero attached hydrogens (tertiary/aromatic N) is 2. The summed E-state index contributed by atoms with van der Waals surface area (Å²) in [5, 5.41) is 2.06. The van der Waals surface area contributed by atoms with Crippen LogP contribution < -0.4 is 15.0 Å². The maximum Gasteiger partial charge on any atom is 0.286 e. The van der Waals surface area contributed by atoms with Crippen LogP contribution in [0.2, 0.25) is 0 Å². The van der Waals surface area contributed by atoms with Gasteiger partial charge in [-0.15, -0.1) is 0 Å². The molecule has 136 valence electrons. The summed E-state index contributed by atoms with van der Waals surface area (Å²) in [5.74, 6) is 1.44. The Morgan fingerprint density at radius 2 is 1.96 bits per heavy atom. The predicted molar refractivity (Wildman–Crippen MR) is 103 cm³/mol. The smallest absolute Gasteiger partial charge is 0.286 e. The molecule has 0 radical (unpaired) electrons. The molecule has 1 N–H and O–H groups in total. The predicted octanol–water partition coefficient (Wildman–Crippen LogP) is 2.88. The fourth-order valence-electron chi connectivity index (χ4n) is 2.71. The number of pyridine rings is 1. The number of carbonyl (C=O) groups is 2. The Labute approximate surface area is 156 Å². The summed E-state index contributed by atoms with van der Waals surface area (Å²) in [6.45, 7) is 3.04. The quantitative estimate of drug-likeness (QED) is 0.807. The van der Waals surface area contributed by atoms with Crippen molar-refractivity contribution in [2.75, 3.05) is 25.1 Å². The van der Waals surface area contributed by atoms with Crippen LogP contribution in [-0.2, 0) is 11.2 Å². The fourth-order valence-corrected chi connectivity index (χ4v) is 3.64. The maximum absolute atomic E-state index is 11.9. The van der Waals surface area contributed by atoms with E-state index in [2.05, 4.69) is 10.3 Å². The molecule has 1 aliphatic heterocycles. The van der Waals surface area contributed by atoms with Gasteiger partial charge in [0.2, 0.25) is 5.91 Å². The van der Waals surface area contributed by atoms with Gasteiger partial charge in [-0.25, -0.2) is 4.98 Å². The van der Waals surface area contributed by atoms with Crippen molar-refractivity contribution < 1.29 is 14.3 Å². The van der Waals surface area contributed by atoms with Crippen molar-refractivity contribution in [2.45, 2.75) is 18.1 Å². The van der Waals surface area contributed by atoms with E-state index in [0.717, 1.165) is 35.4 Å². The number of imide groups is 1. The Kier molecular flexibility index (Phi) is 5.46.